The number of benzene rings is 1. The topological polar surface area (TPSA) is 71.6 Å². The van der Waals surface area contributed by atoms with Gasteiger partial charge in [-0.15, -0.1) is 0 Å². The molecule has 0 bridgehead atoms. The molecule has 1 amide bonds. The molecule has 1 aromatic heterocycles. The Morgan fingerprint density at radius 3 is 2.71 bits per heavy atom. The van der Waals surface area contributed by atoms with Crippen LogP contribution < -0.4 is 9.47 Å². The average molecular weight is 382 g/mol. The fraction of sp³-hybridized carbons (Fsp3) is 0.455. The number of carbonyl (C=O) groups is 2. The molecule has 28 heavy (non-hydrogen) atoms. The van der Waals surface area contributed by atoms with Crippen molar-refractivity contribution >= 4 is 11.7 Å². The van der Waals surface area contributed by atoms with Gasteiger partial charge in [-0.3, -0.25) is 9.59 Å². The first-order chi connectivity index (χ1) is 13.5. The maximum Gasteiger partial charge on any atom is 0.271 e. The third-order valence-electron chi connectivity index (χ3n) is 5.96. The van der Waals surface area contributed by atoms with Crippen LogP contribution in [0.4, 0.5) is 0 Å². The van der Waals surface area contributed by atoms with Crippen LogP contribution in [0.5, 0.6) is 11.5 Å². The Labute approximate surface area is 164 Å². The number of Topliss-reactive ketones (excluding diaryl/α,β-unsaturated/α-hetero) is 1. The van der Waals surface area contributed by atoms with Crippen molar-refractivity contribution in [3.05, 3.63) is 46.3 Å². The van der Waals surface area contributed by atoms with Crippen molar-refractivity contribution < 1.29 is 19.1 Å². The smallest absolute Gasteiger partial charge is 0.271 e. The van der Waals surface area contributed by atoms with Crippen LogP contribution in [0.25, 0.3) is 0 Å². The largest absolute Gasteiger partial charge is 0.497 e. The minimum atomic E-state index is -0.0521. The van der Waals surface area contributed by atoms with Crippen molar-refractivity contribution in [3.63, 3.8) is 0 Å². The SMILES string of the molecule is COc1ccc(C2CCCN2C(=O)c2[nH]c3c(c2C)C(=O)CCC3)c(OC)c1. The number of rotatable bonds is 4. The monoisotopic (exact) mass is 382 g/mol. The van der Waals surface area contributed by atoms with Gasteiger partial charge in [-0.2, -0.15) is 0 Å². The fourth-order valence-electron chi connectivity index (χ4n) is 4.56. The van der Waals surface area contributed by atoms with Crippen LogP contribution in [0.15, 0.2) is 18.2 Å². The average Bonchev–Trinajstić information content (AvgIpc) is 3.32. The molecule has 148 valence electrons. The second-order valence-electron chi connectivity index (χ2n) is 7.52. The second-order valence-corrected chi connectivity index (χ2v) is 7.52. The molecule has 1 saturated heterocycles. The number of hydrogen-bond donors (Lipinski definition) is 1. The summed E-state index contributed by atoms with van der Waals surface area (Å²) in [7, 11) is 3.26. The summed E-state index contributed by atoms with van der Waals surface area (Å²) in [6, 6.07) is 5.68. The molecule has 2 heterocycles. The van der Waals surface area contributed by atoms with Crippen LogP contribution in [0, 0.1) is 6.92 Å². The lowest BCUT2D eigenvalue weighted by molar-refractivity contribution is 0.0728. The summed E-state index contributed by atoms with van der Waals surface area (Å²) >= 11 is 0. The van der Waals surface area contributed by atoms with E-state index in [-0.39, 0.29) is 17.7 Å². The first kappa shape index (κ1) is 18.6. The Morgan fingerprint density at radius 1 is 1.18 bits per heavy atom. The number of nitrogens with zero attached hydrogens (tertiary/aromatic N) is 1. The number of ether oxygens (including phenoxy) is 2. The van der Waals surface area contributed by atoms with E-state index in [1.54, 1.807) is 14.2 Å². The van der Waals surface area contributed by atoms with Crippen molar-refractivity contribution in [3.8, 4) is 11.5 Å². The number of nitrogens with one attached hydrogen (secondary N) is 1. The lowest BCUT2D eigenvalue weighted by Gasteiger charge is -2.26. The van der Waals surface area contributed by atoms with Crippen molar-refractivity contribution in [2.45, 2.75) is 45.1 Å². The van der Waals surface area contributed by atoms with E-state index in [9.17, 15) is 9.59 Å². The first-order valence-corrected chi connectivity index (χ1v) is 9.82. The number of likely N-dealkylation sites (tertiary alicyclic amines) is 1. The van der Waals surface area contributed by atoms with Crippen molar-refractivity contribution in [1.82, 2.24) is 9.88 Å². The Kier molecular flexibility index (Phi) is 4.87. The van der Waals surface area contributed by atoms with Gasteiger partial charge in [0.1, 0.15) is 17.2 Å². The highest BCUT2D eigenvalue weighted by Crippen LogP contribution is 2.40. The van der Waals surface area contributed by atoms with Gasteiger partial charge in [0.05, 0.1) is 20.3 Å². The number of H-pyrrole nitrogens is 1. The number of amides is 1. The summed E-state index contributed by atoms with van der Waals surface area (Å²) in [4.78, 5) is 30.9. The molecule has 1 N–H and O–H groups in total. The highest BCUT2D eigenvalue weighted by molar-refractivity contribution is 6.04. The number of ketones is 1. The molecule has 1 fully saturated rings. The summed E-state index contributed by atoms with van der Waals surface area (Å²) in [6.45, 7) is 2.57. The van der Waals surface area contributed by atoms with Crippen LogP contribution >= 0.6 is 0 Å². The van der Waals surface area contributed by atoms with E-state index >= 15 is 0 Å². The quantitative estimate of drug-likeness (QED) is 0.872. The highest BCUT2D eigenvalue weighted by atomic mass is 16.5. The lowest BCUT2D eigenvalue weighted by atomic mass is 9.93. The van der Waals surface area contributed by atoms with Crippen molar-refractivity contribution in [2.24, 2.45) is 0 Å². The number of aromatic amines is 1. The minimum absolute atomic E-state index is 0.0416. The summed E-state index contributed by atoms with van der Waals surface area (Å²) in [5, 5.41) is 0. The Hall–Kier alpha value is -2.76. The number of methoxy groups -OCH3 is 2. The molecule has 0 saturated carbocycles. The highest BCUT2D eigenvalue weighted by Gasteiger charge is 2.35. The molecule has 2 aromatic rings. The molecule has 4 rings (SSSR count). The zero-order valence-corrected chi connectivity index (χ0v) is 16.6. The van der Waals surface area contributed by atoms with Crippen LogP contribution in [0.2, 0.25) is 0 Å². The number of aryl methyl sites for hydroxylation is 1. The standard InChI is InChI=1S/C22H26N2O4/c1-13-20-16(6-4-8-18(20)25)23-21(13)22(26)24-11-5-7-17(24)15-10-9-14(27-2)12-19(15)28-3/h9-10,12,17,23H,4-8,11H2,1-3H3. The third kappa shape index (κ3) is 2.97. The van der Waals surface area contributed by atoms with Gasteiger partial charge in [0.2, 0.25) is 0 Å². The van der Waals surface area contributed by atoms with E-state index in [0.717, 1.165) is 59.6 Å². The van der Waals surface area contributed by atoms with Gasteiger partial charge in [-0.05, 0) is 50.3 Å². The summed E-state index contributed by atoms with van der Waals surface area (Å²) in [6.07, 6.45) is 4.05. The second kappa shape index (κ2) is 7.34. The molecule has 1 atom stereocenters. The van der Waals surface area contributed by atoms with Gasteiger partial charge >= 0.3 is 0 Å². The van der Waals surface area contributed by atoms with Crippen LogP contribution in [-0.4, -0.2) is 42.3 Å². The number of aromatic nitrogens is 1. The molecular formula is C22H26N2O4. The maximum atomic E-state index is 13.4. The van der Waals surface area contributed by atoms with Gasteiger partial charge in [0, 0.05) is 35.9 Å². The van der Waals surface area contributed by atoms with Gasteiger partial charge in [-0.1, -0.05) is 0 Å². The summed E-state index contributed by atoms with van der Waals surface area (Å²) in [5.41, 5.74) is 3.97. The molecule has 6 nitrogen and oxygen atoms in total. The predicted molar refractivity (Wildman–Crippen MR) is 105 cm³/mol. The Bertz CT molecular complexity index is 931. The zero-order chi connectivity index (χ0) is 19.8. The molecular weight excluding hydrogens is 356 g/mol. The van der Waals surface area contributed by atoms with Crippen LogP contribution in [0.3, 0.4) is 0 Å². The van der Waals surface area contributed by atoms with E-state index < -0.39 is 0 Å². The molecule has 6 heteroatoms. The van der Waals surface area contributed by atoms with E-state index in [1.165, 1.54) is 0 Å². The minimum Gasteiger partial charge on any atom is -0.497 e. The first-order valence-electron chi connectivity index (χ1n) is 9.82. The normalized spacial score (nSPS) is 18.9. The van der Waals surface area contributed by atoms with Crippen molar-refractivity contribution in [2.75, 3.05) is 20.8 Å². The van der Waals surface area contributed by atoms with Gasteiger partial charge < -0.3 is 19.4 Å². The molecule has 0 spiro atoms. The van der Waals surface area contributed by atoms with E-state index in [4.69, 9.17) is 9.47 Å². The molecule has 1 aromatic carbocycles. The fourth-order valence-corrected chi connectivity index (χ4v) is 4.56. The van der Waals surface area contributed by atoms with Gasteiger partial charge in [0.15, 0.2) is 5.78 Å². The van der Waals surface area contributed by atoms with Crippen LogP contribution in [-0.2, 0) is 6.42 Å². The third-order valence-corrected chi connectivity index (χ3v) is 5.96. The van der Waals surface area contributed by atoms with Crippen LogP contribution in [0.1, 0.15) is 69.4 Å². The number of fused-ring (bicyclic) bond motifs is 1. The van der Waals surface area contributed by atoms with E-state index in [0.29, 0.717) is 18.7 Å². The van der Waals surface area contributed by atoms with Gasteiger partial charge in [0.25, 0.3) is 5.91 Å². The predicted octanol–water partition coefficient (Wildman–Crippen LogP) is 3.84. The van der Waals surface area contributed by atoms with E-state index in [2.05, 4.69) is 4.98 Å². The lowest BCUT2D eigenvalue weighted by Crippen LogP contribution is -2.31. The molecule has 1 aliphatic heterocycles. The molecule has 2 aliphatic rings. The number of carbonyl (C=O) groups excluding carboxylic acids is 2. The van der Waals surface area contributed by atoms with Crippen molar-refractivity contribution in [1.29, 1.82) is 0 Å². The summed E-state index contributed by atoms with van der Waals surface area (Å²) < 4.78 is 10.9. The summed E-state index contributed by atoms with van der Waals surface area (Å²) in [5.74, 6) is 1.55. The molecule has 1 aliphatic carbocycles. The molecule has 1 unspecified atom stereocenters. The molecule has 0 radical (unpaired) electrons. The van der Waals surface area contributed by atoms with Gasteiger partial charge in [-0.25, -0.2) is 0 Å². The maximum absolute atomic E-state index is 13.4. The number of hydrogen-bond acceptors (Lipinski definition) is 4. The zero-order valence-electron chi connectivity index (χ0n) is 16.6. The Morgan fingerprint density at radius 2 is 2.00 bits per heavy atom. The Balaban J connectivity index is 1.68. The van der Waals surface area contributed by atoms with E-state index in [1.807, 2.05) is 30.0 Å².